The highest BCUT2D eigenvalue weighted by molar-refractivity contribution is 5.97. The SMILES string of the molecule is C=Nc1c(/C(=C\C)C(C)O)[nH]c(-c2ccnc(NC(C)=O)c2)c1-c1ccc(F)nc1. The Bertz CT molecular complexity index is 1120. The summed E-state index contributed by atoms with van der Waals surface area (Å²) in [6.45, 7) is 8.56. The van der Waals surface area contributed by atoms with Gasteiger partial charge in [0.05, 0.1) is 23.2 Å². The molecule has 0 radical (unpaired) electrons. The molecule has 0 fully saturated rings. The van der Waals surface area contributed by atoms with E-state index in [0.717, 1.165) is 0 Å². The molecule has 0 bridgehead atoms. The van der Waals surface area contributed by atoms with Crippen LogP contribution in [0, 0.1) is 5.95 Å². The molecule has 1 unspecified atom stereocenters. The molecular weight excluding hydrogens is 385 g/mol. The number of carbonyl (C=O) groups excluding carboxylic acids is 1. The monoisotopic (exact) mass is 407 g/mol. The Morgan fingerprint density at radius 3 is 2.67 bits per heavy atom. The normalized spacial score (nSPS) is 12.5. The number of carbonyl (C=O) groups is 1. The van der Waals surface area contributed by atoms with Gasteiger partial charge < -0.3 is 15.4 Å². The van der Waals surface area contributed by atoms with Crippen LogP contribution in [0.25, 0.3) is 28.0 Å². The van der Waals surface area contributed by atoms with E-state index >= 15 is 0 Å². The van der Waals surface area contributed by atoms with E-state index in [-0.39, 0.29) is 5.91 Å². The largest absolute Gasteiger partial charge is 0.389 e. The number of anilines is 1. The number of allylic oxidation sites excluding steroid dienone is 1. The average Bonchev–Trinajstić information content (AvgIpc) is 3.08. The van der Waals surface area contributed by atoms with Crippen molar-refractivity contribution in [3.05, 3.63) is 54.4 Å². The zero-order valence-electron chi connectivity index (χ0n) is 16.9. The van der Waals surface area contributed by atoms with Crippen molar-refractivity contribution in [1.82, 2.24) is 15.0 Å². The lowest BCUT2D eigenvalue weighted by molar-refractivity contribution is -0.114. The minimum Gasteiger partial charge on any atom is -0.389 e. The second kappa shape index (κ2) is 8.79. The number of hydrogen-bond donors (Lipinski definition) is 3. The van der Waals surface area contributed by atoms with Crippen LogP contribution in [0.1, 0.15) is 26.5 Å². The lowest BCUT2D eigenvalue weighted by Crippen LogP contribution is -2.07. The molecule has 1 amide bonds. The summed E-state index contributed by atoms with van der Waals surface area (Å²) in [5.74, 6) is -0.457. The molecule has 3 N–H and O–H groups in total. The smallest absolute Gasteiger partial charge is 0.222 e. The van der Waals surface area contributed by atoms with Crippen LogP contribution < -0.4 is 5.32 Å². The predicted molar refractivity (Wildman–Crippen MR) is 116 cm³/mol. The van der Waals surface area contributed by atoms with Crippen LogP contribution in [0.3, 0.4) is 0 Å². The number of aromatic nitrogens is 3. The molecule has 8 heteroatoms. The molecule has 0 saturated carbocycles. The number of halogens is 1. The first-order valence-electron chi connectivity index (χ1n) is 9.29. The summed E-state index contributed by atoms with van der Waals surface area (Å²) in [6, 6.07) is 6.34. The lowest BCUT2D eigenvalue weighted by Gasteiger charge is -2.09. The molecule has 3 rings (SSSR count). The third-order valence-electron chi connectivity index (χ3n) is 4.55. The van der Waals surface area contributed by atoms with Crippen molar-refractivity contribution in [3.8, 4) is 22.4 Å². The van der Waals surface area contributed by atoms with Crippen molar-refractivity contribution in [2.45, 2.75) is 26.9 Å². The number of nitrogens with zero attached hydrogens (tertiary/aromatic N) is 3. The molecule has 0 aliphatic carbocycles. The van der Waals surface area contributed by atoms with Crippen molar-refractivity contribution in [2.24, 2.45) is 4.99 Å². The number of aromatic amines is 1. The maximum absolute atomic E-state index is 13.4. The van der Waals surface area contributed by atoms with Crippen LogP contribution in [0.2, 0.25) is 0 Å². The molecule has 1 atom stereocenters. The molecule has 7 nitrogen and oxygen atoms in total. The second-order valence-electron chi connectivity index (χ2n) is 6.66. The molecule has 0 saturated heterocycles. The summed E-state index contributed by atoms with van der Waals surface area (Å²) in [5.41, 5.74) is 4.36. The van der Waals surface area contributed by atoms with Crippen LogP contribution in [0.4, 0.5) is 15.9 Å². The molecule has 0 aliphatic heterocycles. The van der Waals surface area contributed by atoms with E-state index in [1.165, 1.54) is 19.2 Å². The third kappa shape index (κ3) is 4.18. The summed E-state index contributed by atoms with van der Waals surface area (Å²) in [4.78, 5) is 26.9. The van der Waals surface area contributed by atoms with E-state index in [2.05, 4.69) is 32.0 Å². The standard InChI is InChI=1S/C22H22FN5O2/c1-5-16(12(2)29)21-22(24-4)19(15-6-7-17(23)26-11-15)20(28-21)14-8-9-25-18(10-14)27-13(3)30/h5-12,28-29H,4H2,1-3H3,(H,25,27,30)/b16-5-. The lowest BCUT2D eigenvalue weighted by atomic mass is 9.99. The first kappa shape index (κ1) is 21.1. The molecule has 0 aromatic carbocycles. The third-order valence-corrected chi connectivity index (χ3v) is 4.55. The average molecular weight is 407 g/mol. The zero-order valence-corrected chi connectivity index (χ0v) is 16.9. The number of hydrogen-bond acceptors (Lipinski definition) is 5. The van der Waals surface area contributed by atoms with E-state index in [9.17, 15) is 14.3 Å². The highest BCUT2D eigenvalue weighted by atomic mass is 19.1. The second-order valence-corrected chi connectivity index (χ2v) is 6.66. The molecule has 3 aromatic heterocycles. The molecule has 3 heterocycles. The van der Waals surface area contributed by atoms with Gasteiger partial charge in [-0.25, -0.2) is 9.97 Å². The first-order valence-corrected chi connectivity index (χ1v) is 9.29. The van der Waals surface area contributed by atoms with E-state index in [1.54, 1.807) is 37.4 Å². The van der Waals surface area contributed by atoms with E-state index in [0.29, 0.717) is 45.2 Å². The van der Waals surface area contributed by atoms with Crippen molar-refractivity contribution < 1.29 is 14.3 Å². The maximum atomic E-state index is 13.4. The van der Waals surface area contributed by atoms with Gasteiger partial charge in [0.2, 0.25) is 11.9 Å². The molecule has 154 valence electrons. The molecular formula is C22H22FN5O2. The van der Waals surface area contributed by atoms with Crippen molar-refractivity contribution in [3.63, 3.8) is 0 Å². The highest BCUT2D eigenvalue weighted by Crippen LogP contribution is 2.44. The number of pyridine rings is 2. The maximum Gasteiger partial charge on any atom is 0.222 e. The van der Waals surface area contributed by atoms with Crippen molar-refractivity contribution in [2.75, 3.05) is 5.32 Å². The Labute approximate surface area is 173 Å². The number of H-pyrrole nitrogens is 1. The van der Waals surface area contributed by atoms with Gasteiger partial charge in [0.25, 0.3) is 0 Å². The Kier molecular flexibility index (Phi) is 6.17. The van der Waals surface area contributed by atoms with Crippen LogP contribution in [-0.4, -0.2) is 38.8 Å². The molecule has 3 aromatic rings. The molecule has 0 aliphatic rings. The predicted octanol–water partition coefficient (Wildman–Crippen LogP) is 4.35. The zero-order chi connectivity index (χ0) is 21.8. The fraction of sp³-hybridized carbons (Fsp3) is 0.182. The topological polar surface area (TPSA) is 103 Å². The fourth-order valence-electron chi connectivity index (χ4n) is 3.31. The van der Waals surface area contributed by atoms with Gasteiger partial charge in [-0.05, 0) is 44.8 Å². The Hall–Kier alpha value is -3.65. The van der Waals surface area contributed by atoms with Gasteiger partial charge in [-0.15, -0.1) is 0 Å². The van der Waals surface area contributed by atoms with Crippen molar-refractivity contribution >= 4 is 29.7 Å². The number of aliphatic hydroxyl groups is 1. The summed E-state index contributed by atoms with van der Waals surface area (Å²) in [5, 5.41) is 12.9. The van der Waals surface area contributed by atoms with Gasteiger partial charge in [0.1, 0.15) is 5.82 Å². The van der Waals surface area contributed by atoms with E-state index in [4.69, 9.17) is 0 Å². The van der Waals surface area contributed by atoms with Gasteiger partial charge in [-0.1, -0.05) is 6.08 Å². The van der Waals surface area contributed by atoms with E-state index < -0.39 is 12.1 Å². The van der Waals surface area contributed by atoms with Crippen molar-refractivity contribution in [1.29, 1.82) is 0 Å². The van der Waals surface area contributed by atoms with Crippen LogP contribution >= 0.6 is 0 Å². The fourth-order valence-corrected chi connectivity index (χ4v) is 3.31. The summed E-state index contributed by atoms with van der Waals surface area (Å²) >= 11 is 0. The molecule has 30 heavy (non-hydrogen) atoms. The van der Waals surface area contributed by atoms with Gasteiger partial charge >= 0.3 is 0 Å². The summed E-state index contributed by atoms with van der Waals surface area (Å²) in [6.07, 6.45) is 4.01. The quantitative estimate of drug-likeness (QED) is 0.417. The number of rotatable bonds is 6. The summed E-state index contributed by atoms with van der Waals surface area (Å²) in [7, 11) is 0. The number of amides is 1. The Morgan fingerprint density at radius 2 is 2.10 bits per heavy atom. The first-order chi connectivity index (χ1) is 14.3. The Morgan fingerprint density at radius 1 is 1.33 bits per heavy atom. The van der Waals surface area contributed by atoms with Gasteiger partial charge in [-0.3, -0.25) is 9.79 Å². The Balaban J connectivity index is 2.31. The number of aliphatic hydroxyl groups excluding tert-OH is 1. The number of aliphatic imine (C=N–C) groups is 1. The number of nitrogens with one attached hydrogen (secondary N) is 2. The van der Waals surface area contributed by atoms with E-state index in [1.807, 2.05) is 6.92 Å². The van der Waals surface area contributed by atoms with Crippen LogP contribution in [0.15, 0.2) is 47.7 Å². The minimum atomic E-state index is -0.756. The van der Waals surface area contributed by atoms with Gasteiger partial charge in [0.15, 0.2) is 0 Å². The van der Waals surface area contributed by atoms with Crippen LogP contribution in [-0.2, 0) is 4.79 Å². The summed E-state index contributed by atoms with van der Waals surface area (Å²) < 4.78 is 13.4. The van der Waals surface area contributed by atoms with Gasteiger partial charge in [-0.2, -0.15) is 4.39 Å². The molecule has 0 spiro atoms. The van der Waals surface area contributed by atoms with Crippen LogP contribution in [0.5, 0.6) is 0 Å². The highest BCUT2D eigenvalue weighted by Gasteiger charge is 2.23. The van der Waals surface area contributed by atoms with Gasteiger partial charge in [0, 0.05) is 41.6 Å². The minimum absolute atomic E-state index is 0.242.